The van der Waals surface area contributed by atoms with Crippen LogP contribution in [0.3, 0.4) is 0 Å². The van der Waals surface area contributed by atoms with Crippen LogP contribution in [0.5, 0.6) is 5.75 Å². The van der Waals surface area contributed by atoms with Crippen molar-refractivity contribution in [1.29, 1.82) is 0 Å². The highest BCUT2D eigenvalue weighted by Crippen LogP contribution is 2.15. The molecule has 10 heteroatoms. The molecule has 38 heavy (non-hydrogen) atoms. The molecule has 0 aromatic heterocycles. The maximum absolute atomic E-state index is 12.9. The monoisotopic (exact) mass is 534 g/mol. The number of amides is 2. The molecule has 0 aliphatic carbocycles. The van der Waals surface area contributed by atoms with Gasteiger partial charge in [0.15, 0.2) is 0 Å². The van der Waals surface area contributed by atoms with Crippen LogP contribution < -0.4 is 15.5 Å². The number of rotatable bonds is 13. The van der Waals surface area contributed by atoms with Crippen molar-refractivity contribution in [3.8, 4) is 5.75 Å². The zero-order valence-corrected chi connectivity index (χ0v) is 22.0. The second kappa shape index (κ2) is 14.5. The highest BCUT2D eigenvalue weighted by molar-refractivity contribution is 7.98. The molecule has 3 rings (SSSR count). The molecule has 3 aromatic rings. The first-order valence-corrected chi connectivity index (χ1v) is 13.2. The van der Waals surface area contributed by atoms with E-state index in [-0.39, 0.29) is 11.3 Å². The van der Waals surface area contributed by atoms with E-state index in [2.05, 4.69) is 29.7 Å². The number of hydrazone groups is 1. The van der Waals surface area contributed by atoms with Gasteiger partial charge in [0, 0.05) is 29.2 Å². The van der Waals surface area contributed by atoms with E-state index in [9.17, 15) is 19.7 Å². The van der Waals surface area contributed by atoms with Crippen molar-refractivity contribution in [3.63, 3.8) is 0 Å². The van der Waals surface area contributed by atoms with Gasteiger partial charge in [0.2, 0.25) is 0 Å². The van der Waals surface area contributed by atoms with Gasteiger partial charge in [-0.1, -0.05) is 44.2 Å². The van der Waals surface area contributed by atoms with Crippen LogP contribution in [0.1, 0.15) is 35.3 Å². The lowest BCUT2D eigenvalue weighted by Gasteiger charge is -2.17. The van der Waals surface area contributed by atoms with Crippen molar-refractivity contribution in [2.45, 2.75) is 25.6 Å². The zero-order chi connectivity index (χ0) is 27.3. The van der Waals surface area contributed by atoms with Gasteiger partial charge in [0.05, 0.1) is 17.7 Å². The third-order valence-corrected chi connectivity index (χ3v) is 6.32. The Morgan fingerprint density at radius 2 is 1.71 bits per heavy atom. The number of ether oxygens (including phenoxy) is 1. The molecule has 0 unspecified atom stereocenters. The smallest absolute Gasteiger partial charge is 0.269 e. The molecular formula is C28H30N4O5S. The summed E-state index contributed by atoms with van der Waals surface area (Å²) in [6, 6.07) is 21.4. The fraction of sp³-hybridized carbons (Fsp3) is 0.250. The number of carbonyl (C=O) groups excluding carboxylic acids is 2. The van der Waals surface area contributed by atoms with Gasteiger partial charge in [0.25, 0.3) is 17.5 Å². The van der Waals surface area contributed by atoms with Gasteiger partial charge < -0.3 is 10.1 Å². The van der Waals surface area contributed by atoms with Gasteiger partial charge >= 0.3 is 0 Å². The molecule has 3 aromatic carbocycles. The first-order valence-electron chi connectivity index (χ1n) is 12.0. The molecule has 2 amide bonds. The quantitative estimate of drug-likeness (QED) is 0.184. The lowest BCUT2D eigenvalue weighted by atomic mass is 10.2. The van der Waals surface area contributed by atoms with E-state index >= 15 is 0 Å². The Hall–Kier alpha value is -4.18. The van der Waals surface area contributed by atoms with Crippen molar-refractivity contribution in [3.05, 3.63) is 106 Å². The van der Waals surface area contributed by atoms with E-state index in [1.54, 1.807) is 0 Å². The van der Waals surface area contributed by atoms with Crippen molar-refractivity contribution in [2.24, 2.45) is 11.0 Å². The fourth-order valence-electron chi connectivity index (χ4n) is 3.19. The topological polar surface area (TPSA) is 123 Å². The summed E-state index contributed by atoms with van der Waals surface area (Å²) in [5.41, 5.74) is 4.45. The number of hydrogen-bond acceptors (Lipinski definition) is 7. The highest BCUT2D eigenvalue weighted by atomic mass is 32.2. The summed E-state index contributed by atoms with van der Waals surface area (Å²) >= 11 is 1.49. The Morgan fingerprint density at radius 3 is 2.34 bits per heavy atom. The average molecular weight is 535 g/mol. The molecule has 1 atom stereocenters. The standard InChI is InChI=1S/C28H30N4O5S/c1-20(2)17-37-25-14-8-21(9-15-25)16-29-31-28(34)26(19-38-18-22-6-4-3-5-7-22)30-27(33)23-10-12-24(13-11-23)32(35)36/h3-16,20,26H,17-19H2,1-2H3,(H,30,33)(H,31,34)/t26-/m1/s1. The van der Waals surface area contributed by atoms with Gasteiger partial charge in [-0.2, -0.15) is 16.9 Å². The zero-order valence-electron chi connectivity index (χ0n) is 21.2. The van der Waals surface area contributed by atoms with Gasteiger partial charge in [0.1, 0.15) is 11.8 Å². The summed E-state index contributed by atoms with van der Waals surface area (Å²) in [5, 5.41) is 17.6. The van der Waals surface area contributed by atoms with Crippen LogP contribution >= 0.6 is 11.8 Å². The molecular weight excluding hydrogens is 504 g/mol. The Kier molecular flexibility index (Phi) is 10.9. The number of hydrogen-bond donors (Lipinski definition) is 2. The Labute approximate surface area is 225 Å². The normalized spacial score (nSPS) is 11.8. The minimum absolute atomic E-state index is 0.122. The minimum Gasteiger partial charge on any atom is -0.493 e. The molecule has 0 radical (unpaired) electrons. The maximum atomic E-state index is 12.9. The fourth-order valence-corrected chi connectivity index (χ4v) is 4.21. The molecule has 9 nitrogen and oxygen atoms in total. The summed E-state index contributed by atoms with van der Waals surface area (Å²) in [6.45, 7) is 4.77. The van der Waals surface area contributed by atoms with Crippen molar-refractivity contribution in [1.82, 2.24) is 10.7 Å². The molecule has 0 saturated heterocycles. The molecule has 0 fully saturated rings. The van der Waals surface area contributed by atoms with Crippen LogP contribution in [-0.4, -0.2) is 41.4 Å². The summed E-state index contributed by atoms with van der Waals surface area (Å²) in [6.07, 6.45) is 1.51. The van der Waals surface area contributed by atoms with E-state index in [0.717, 1.165) is 16.9 Å². The number of benzene rings is 3. The first-order chi connectivity index (χ1) is 18.3. The Bertz CT molecular complexity index is 1230. The number of nitrogens with zero attached hydrogens (tertiary/aromatic N) is 2. The molecule has 0 heterocycles. The molecule has 0 saturated carbocycles. The largest absolute Gasteiger partial charge is 0.493 e. The second-order valence-electron chi connectivity index (χ2n) is 8.84. The average Bonchev–Trinajstić information content (AvgIpc) is 2.92. The number of nitro benzene ring substituents is 1. The van der Waals surface area contributed by atoms with Crippen molar-refractivity contribution < 1.29 is 19.2 Å². The van der Waals surface area contributed by atoms with Crippen LogP contribution in [0, 0.1) is 16.0 Å². The summed E-state index contributed by atoms with van der Waals surface area (Å²) < 4.78 is 5.67. The molecule has 2 N–H and O–H groups in total. The highest BCUT2D eigenvalue weighted by Gasteiger charge is 2.22. The lowest BCUT2D eigenvalue weighted by Crippen LogP contribution is -2.47. The number of nitrogens with one attached hydrogen (secondary N) is 2. The molecule has 0 spiro atoms. The van der Waals surface area contributed by atoms with Crippen LogP contribution in [0.4, 0.5) is 5.69 Å². The SMILES string of the molecule is CC(C)COc1ccc(C=NNC(=O)[C@@H](CSCc2ccccc2)NC(=O)c2ccc([N+](=O)[O-])cc2)cc1. The van der Waals surface area contributed by atoms with Crippen LogP contribution in [-0.2, 0) is 10.5 Å². The number of carbonyl (C=O) groups is 2. The lowest BCUT2D eigenvalue weighted by molar-refractivity contribution is -0.384. The van der Waals surface area contributed by atoms with Crippen LogP contribution in [0.15, 0.2) is 84.0 Å². The number of thioether (sulfide) groups is 1. The summed E-state index contributed by atoms with van der Waals surface area (Å²) in [7, 11) is 0. The second-order valence-corrected chi connectivity index (χ2v) is 9.87. The predicted octanol–water partition coefficient (Wildman–Crippen LogP) is 4.81. The number of non-ortho nitro benzene ring substituents is 1. The van der Waals surface area contributed by atoms with E-state index < -0.39 is 22.8 Å². The predicted molar refractivity (Wildman–Crippen MR) is 149 cm³/mol. The third-order valence-electron chi connectivity index (χ3n) is 5.21. The Morgan fingerprint density at radius 1 is 1.03 bits per heavy atom. The molecule has 198 valence electrons. The van der Waals surface area contributed by atoms with Gasteiger partial charge in [-0.3, -0.25) is 19.7 Å². The van der Waals surface area contributed by atoms with E-state index in [1.165, 1.54) is 42.2 Å². The first kappa shape index (κ1) is 28.4. The van der Waals surface area contributed by atoms with Gasteiger partial charge in [-0.15, -0.1) is 0 Å². The van der Waals surface area contributed by atoms with Gasteiger partial charge in [-0.05, 0) is 53.4 Å². The van der Waals surface area contributed by atoms with Crippen LogP contribution in [0.25, 0.3) is 0 Å². The van der Waals surface area contributed by atoms with Crippen molar-refractivity contribution >= 4 is 35.5 Å². The molecule has 0 bridgehead atoms. The van der Waals surface area contributed by atoms with Crippen molar-refractivity contribution in [2.75, 3.05) is 12.4 Å². The number of nitro groups is 1. The molecule has 0 aliphatic rings. The maximum Gasteiger partial charge on any atom is 0.269 e. The van der Waals surface area contributed by atoms with E-state index in [4.69, 9.17) is 4.74 Å². The van der Waals surface area contributed by atoms with E-state index in [1.807, 2.05) is 54.6 Å². The minimum atomic E-state index is -0.879. The van der Waals surface area contributed by atoms with Gasteiger partial charge in [-0.25, -0.2) is 5.43 Å². The van der Waals surface area contributed by atoms with E-state index in [0.29, 0.717) is 24.0 Å². The summed E-state index contributed by atoms with van der Waals surface area (Å²) in [5.74, 6) is 1.15. The van der Waals surface area contributed by atoms with Crippen LogP contribution in [0.2, 0.25) is 0 Å². The Balaban J connectivity index is 1.62. The summed E-state index contributed by atoms with van der Waals surface area (Å²) in [4.78, 5) is 36.1. The third kappa shape index (κ3) is 9.36. The molecule has 0 aliphatic heterocycles.